The molecule has 0 saturated carbocycles. The zero-order valence-electron chi connectivity index (χ0n) is 23.5. The highest BCUT2D eigenvalue weighted by molar-refractivity contribution is 7.62. The number of benzene rings is 2. The molecule has 0 bridgehead atoms. The van der Waals surface area contributed by atoms with Crippen LogP contribution in [0.2, 0.25) is 0 Å². The first-order valence-corrected chi connectivity index (χ1v) is 15.0. The van der Waals surface area contributed by atoms with Gasteiger partial charge in [-0.15, -0.1) is 0 Å². The number of hydrogen-bond acceptors (Lipinski definition) is 6. The summed E-state index contributed by atoms with van der Waals surface area (Å²) in [4.78, 5) is 40.0. The average Bonchev–Trinajstić information content (AvgIpc) is 3.50. The Morgan fingerprint density at radius 1 is 1.12 bits per heavy atom. The zero-order valence-corrected chi connectivity index (χ0v) is 24.4. The van der Waals surface area contributed by atoms with Crippen molar-refractivity contribution in [2.45, 2.75) is 59.4 Å². The van der Waals surface area contributed by atoms with Gasteiger partial charge in [-0.05, 0) is 45.4 Å². The van der Waals surface area contributed by atoms with Crippen molar-refractivity contribution in [2.75, 3.05) is 19.8 Å². The first-order valence-electron chi connectivity index (χ1n) is 13.5. The molecule has 220 valence electrons. The topological polar surface area (TPSA) is 107 Å². The molecule has 1 aliphatic heterocycles. The number of aryl methyl sites for hydroxylation is 1. The number of Topliss-reactive ketones (excluding diaryl/α,β-unsaturated/α-hetero) is 1. The molecule has 3 aromatic rings. The van der Waals surface area contributed by atoms with Crippen molar-refractivity contribution in [2.24, 2.45) is 0 Å². The van der Waals surface area contributed by atoms with Crippen LogP contribution >= 0.6 is 7.60 Å². The van der Waals surface area contributed by atoms with E-state index in [0.717, 1.165) is 0 Å². The van der Waals surface area contributed by atoms with E-state index in [9.17, 15) is 27.7 Å². The largest absolute Gasteiger partial charge is 0.361 e. The first kappa shape index (κ1) is 30.6. The summed E-state index contributed by atoms with van der Waals surface area (Å²) in [6.45, 7) is 6.01. The van der Waals surface area contributed by atoms with Gasteiger partial charge in [-0.25, -0.2) is 8.78 Å². The van der Waals surface area contributed by atoms with E-state index in [1.54, 1.807) is 57.2 Å². The fourth-order valence-corrected chi connectivity index (χ4v) is 6.67. The lowest BCUT2D eigenvalue weighted by Gasteiger charge is -2.24. The van der Waals surface area contributed by atoms with Gasteiger partial charge < -0.3 is 23.8 Å². The summed E-state index contributed by atoms with van der Waals surface area (Å²) in [5.41, 5.74) is 1.51. The van der Waals surface area contributed by atoms with Gasteiger partial charge in [0.05, 0.1) is 30.6 Å². The molecular weight excluding hydrogens is 555 g/mol. The Morgan fingerprint density at radius 2 is 1.83 bits per heavy atom. The highest BCUT2D eigenvalue weighted by atomic mass is 31.2. The molecule has 12 heteroatoms. The number of halogens is 2. The molecule has 2 heterocycles. The normalized spacial score (nSPS) is 17.3. The van der Waals surface area contributed by atoms with Crippen LogP contribution < -0.4 is 10.6 Å². The Labute approximate surface area is 237 Å². The first-order chi connectivity index (χ1) is 19.5. The maximum Gasteiger partial charge on any atom is 0.361 e. The molecule has 0 radical (unpaired) electrons. The second-order valence-electron chi connectivity index (χ2n) is 9.92. The van der Waals surface area contributed by atoms with Gasteiger partial charge >= 0.3 is 7.60 Å². The minimum Gasteiger partial charge on any atom is -0.350 e. The van der Waals surface area contributed by atoms with E-state index in [0.29, 0.717) is 22.0 Å². The lowest BCUT2D eigenvalue weighted by atomic mass is 10.1. The van der Waals surface area contributed by atoms with Crippen molar-refractivity contribution in [3.8, 4) is 0 Å². The van der Waals surface area contributed by atoms with Crippen molar-refractivity contribution in [3.63, 3.8) is 0 Å². The maximum absolute atomic E-state index is 14.5. The van der Waals surface area contributed by atoms with E-state index in [4.69, 9.17) is 9.05 Å². The molecule has 4 rings (SSSR count). The Kier molecular flexibility index (Phi) is 9.41. The van der Waals surface area contributed by atoms with Crippen LogP contribution in [0.15, 0.2) is 42.6 Å². The zero-order chi connectivity index (χ0) is 29.9. The van der Waals surface area contributed by atoms with Crippen molar-refractivity contribution >= 4 is 41.4 Å². The highest BCUT2D eigenvalue weighted by Crippen LogP contribution is 2.47. The van der Waals surface area contributed by atoms with Crippen LogP contribution in [0.1, 0.15) is 48.7 Å². The maximum atomic E-state index is 14.5. The minimum absolute atomic E-state index is 0.103. The standard InChI is InChI=1S/C29H34F2N3O6P/c1-5-39-41(38,40-6-2)22-10-11-23-24(19(4)35)16-33(25(23)13-22)17-27(36)34-15-21(30)12-26(34)29(37)32-14-20-9-7-8-18(3)28(20)31/h7-11,13,16,21,26H,5-6,12,14-15,17H2,1-4H3,(H,32,37)/t21-,26+/m1/s1. The second-order valence-corrected chi connectivity index (χ2v) is 11.9. The average molecular weight is 590 g/mol. The summed E-state index contributed by atoms with van der Waals surface area (Å²) in [5.74, 6) is -1.80. The third kappa shape index (κ3) is 6.42. The van der Waals surface area contributed by atoms with Gasteiger partial charge in [0.1, 0.15) is 24.6 Å². The number of rotatable bonds is 11. The van der Waals surface area contributed by atoms with E-state index >= 15 is 0 Å². The fraction of sp³-hybridized carbons (Fsp3) is 0.414. The van der Waals surface area contributed by atoms with E-state index in [1.807, 2.05) is 0 Å². The van der Waals surface area contributed by atoms with E-state index < -0.39 is 37.4 Å². The molecule has 0 spiro atoms. The summed E-state index contributed by atoms with van der Waals surface area (Å²) >= 11 is 0. The van der Waals surface area contributed by atoms with Gasteiger partial charge in [-0.2, -0.15) is 0 Å². The van der Waals surface area contributed by atoms with Gasteiger partial charge in [0, 0.05) is 35.7 Å². The van der Waals surface area contributed by atoms with E-state index in [2.05, 4.69) is 5.32 Å². The molecule has 2 atom stereocenters. The van der Waals surface area contributed by atoms with Crippen LogP contribution in [0.3, 0.4) is 0 Å². The molecule has 9 nitrogen and oxygen atoms in total. The van der Waals surface area contributed by atoms with Gasteiger partial charge in [-0.3, -0.25) is 18.9 Å². The van der Waals surface area contributed by atoms with Crippen LogP contribution in [0, 0.1) is 12.7 Å². The lowest BCUT2D eigenvalue weighted by Crippen LogP contribution is -2.46. The lowest BCUT2D eigenvalue weighted by molar-refractivity contribution is -0.139. The van der Waals surface area contributed by atoms with Crippen molar-refractivity contribution in [3.05, 3.63) is 65.1 Å². The summed E-state index contributed by atoms with van der Waals surface area (Å²) in [6.07, 6.45) is -0.0799. The molecule has 1 aromatic heterocycles. The molecular formula is C29H34F2N3O6P. The summed E-state index contributed by atoms with van der Waals surface area (Å²) in [6, 6.07) is 8.51. The monoisotopic (exact) mass is 589 g/mol. The number of nitrogens with one attached hydrogen (secondary N) is 1. The number of hydrogen-bond donors (Lipinski definition) is 1. The Bertz CT molecular complexity index is 1510. The smallest absolute Gasteiger partial charge is 0.350 e. The number of carbonyl (C=O) groups is 3. The Hall–Kier alpha value is -3.40. The van der Waals surface area contributed by atoms with Gasteiger partial charge in [0.2, 0.25) is 11.8 Å². The molecule has 0 aliphatic carbocycles. The van der Waals surface area contributed by atoms with Crippen LogP contribution in [-0.4, -0.2) is 59.0 Å². The number of nitrogens with zero attached hydrogens (tertiary/aromatic N) is 2. The number of amides is 2. The van der Waals surface area contributed by atoms with Crippen LogP contribution in [-0.2, 0) is 36.3 Å². The molecule has 1 fully saturated rings. The van der Waals surface area contributed by atoms with Crippen molar-refractivity contribution in [1.29, 1.82) is 0 Å². The van der Waals surface area contributed by atoms with Gasteiger partial charge in [0.15, 0.2) is 5.78 Å². The van der Waals surface area contributed by atoms with Crippen LogP contribution in [0.5, 0.6) is 0 Å². The quantitative estimate of drug-likeness (QED) is 0.262. The molecule has 1 aliphatic rings. The second kappa shape index (κ2) is 12.6. The molecule has 0 unspecified atom stereocenters. The summed E-state index contributed by atoms with van der Waals surface area (Å²) in [7, 11) is -3.66. The number of aromatic nitrogens is 1. The molecule has 2 amide bonds. The summed E-state index contributed by atoms with van der Waals surface area (Å²) in [5, 5.41) is 3.43. The third-order valence-corrected chi connectivity index (χ3v) is 9.17. The van der Waals surface area contributed by atoms with Crippen molar-refractivity contribution in [1.82, 2.24) is 14.8 Å². The SMILES string of the molecule is CCOP(=O)(OCC)c1ccc2c(C(C)=O)cn(CC(=O)N3C[C@H](F)C[C@H]3C(=O)NCc3cccc(C)c3F)c2c1. The van der Waals surface area contributed by atoms with E-state index in [-0.39, 0.29) is 55.9 Å². The number of likely N-dealkylation sites (tertiary alicyclic amines) is 1. The predicted octanol–water partition coefficient (Wildman–Crippen LogP) is 4.44. The highest BCUT2D eigenvalue weighted by Gasteiger charge is 2.40. The van der Waals surface area contributed by atoms with Crippen LogP contribution in [0.4, 0.5) is 8.78 Å². The molecule has 1 saturated heterocycles. The number of fused-ring (bicyclic) bond motifs is 1. The Morgan fingerprint density at radius 3 is 2.49 bits per heavy atom. The number of carbonyl (C=O) groups excluding carboxylic acids is 3. The van der Waals surface area contributed by atoms with Gasteiger partial charge in [-0.1, -0.05) is 24.3 Å². The molecule has 41 heavy (non-hydrogen) atoms. The third-order valence-electron chi connectivity index (χ3n) is 7.06. The van der Waals surface area contributed by atoms with Crippen molar-refractivity contribution < 1.29 is 36.8 Å². The minimum atomic E-state index is -3.66. The van der Waals surface area contributed by atoms with Gasteiger partial charge in [0.25, 0.3) is 0 Å². The van der Waals surface area contributed by atoms with E-state index in [1.165, 1.54) is 22.6 Å². The molecule has 1 N–H and O–H groups in total. The predicted molar refractivity (Wildman–Crippen MR) is 150 cm³/mol. The summed E-state index contributed by atoms with van der Waals surface area (Å²) < 4.78 is 54.7. The van der Waals surface area contributed by atoms with Crippen LogP contribution in [0.25, 0.3) is 10.9 Å². The fourth-order valence-electron chi connectivity index (χ4n) is 5.08. The molecule has 2 aromatic carbocycles. The Balaban J connectivity index is 1.60. The number of ketones is 1. The number of alkyl halides is 1.